The van der Waals surface area contributed by atoms with Crippen LogP contribution in [-0.2, 0) is 5.41 Å². The van der Waals surface area contributed by atoms with Crippen molar-refractivity contribution in [3.8, 4) is 0 Å². The van der Waals surface area contributed by atoms with Gasteiger partial charge in [-0.3, -0.25) is 0 Å². The van der Waals surface area contributed by atoms with Gasteiger partial charge in [0.25, 0.3) is 0 Å². The predicted molar refractivity (Wildman–Crippen MR) is 93.7 cm³/mol. The van der Waals surface area contributed by atoms with Gasteiger partial charge in [-0.25, -0.2) is 0 Å². The molecule has 118 valence electrons. The monoisotopic (exact) mass is 286 g/mol. The SMILES string of the molecule is CC(C)(C)CCC[C@]1(C)CCCC[C@]1(C)c1ccccc1. The zero-order valence-corrected chi connectivity index (χ0v) is 14.8. The summed E-state index contributed by atoms with van der Waals surface area (Å²) >= 11 is 0. The summed E-state index contributed by atoms with van der Waals surface area (Å²) in [7, 11) is 0. The highest BCUT2D eigenvalue weighted by atomic mass is 14.5. The maximum absolute atomic E-state index is 2.56. The normalized spacial score (nSPS) is 30.3. The number of rotatable bonds is 4. The molecular weight excluding hydrogens is 252 g/mol. The highest BCUT2D eigenvalue weighted by Crippen LogP contribution is 2.54. The smallest absolute Gasteiger partial charge is 0.00215 e. The molecular formula is C21H34. The van der Waals surface area contributed by atoms with Crippen molar-refractivity contribution in [3.05, 3.63) is 35.9 Å². The lowest BCUT2D eigenvalue weighted by molar-refractivity contribution is 0.0714. The maximum Gasteiger partial charge on any atom is -0.00215 e. The summed E-state index contributed by atoms with van der Waals surface area (Å²) in [6.07, 6.45) is 9.62. The van der Waals surface area contributed by atoms with Crippen LogP contribution in [-0.4, -0.2) is 0 Å². The molecule has 0 heteroatoms. The summed E-state index contributed by atoms with van der Waals surface area (Å²) in [4.78, 5) is 0. The lowest BCUT2D eigenvalue weighted by Crippen LogP contribution is -2.44. The second-order valence-corrected chi connectivity index (χ2v) is 8.88. The molecule has 0 radical (unpaired) electrons. The molecule has 0 nitrogen and oxygen atoms in total. The first-order valence-electron chi connectivity index (χ1n) is 8.82. The molecule has 1 aliphatic carbocycles. The Hall–Kier alpha value is -0.780. The van der Waals surface area contributed by atoms with Crippen molar-refractivity contribution in [2.75, 3.05) is 0 Å². The third kappa shape index (κ3) is 3.71. The van der Waals surface area contributed by atoms with Gasteiger partial charge in [0.1, 0.15) is 0 Å². The van der Waals surface area contributed by atoms with E-state index in [4.69, 9.17) is 0 Å². The summed E-state index contributed by atoms with van der Waals surface area (Å²) in [5.41, 5.74) is 2.83. The van der Waals surface area contributed by atoms with Crippen LogP contribution >= 0.6 is 0 Å². The third-order valence-electron chi connectivity index (χ3n) is 6.05. The van der Waals surface area contributed by atoms with Gasteiger partial charge in [0.15, 0.2) is 0 Å². The Balaban J connectivity index is 2.17. The van der Waals surface area contributed by atoms with Crippen molar-refractivity contribution in [1.82, 2.24) is 0 Å². The Morgan fingerprint density at radius 3 is 2.19 bits per heavy atom. The molecule has 21 heavy (non-hydrogen) atoms. The zero-order chi connectivity index (χ0) is 15.6. The van der Waals surface area contributed by atoms with Crippen molar-refractivity contribution in [3.63, 3.8) is 0 Å². The van der Waals surface area contributed by atoms with Crippen molar-refractivity contribution in [2.45, 2.75) is 85.0 Å². The summed E-state index contributed by atoms with van der Waals surface area (Å²) in [6, 6.07) is 11.3. The quantitative estimate of drug-likeness (QED) is 0.575. The molecule has 1 aliphatic rings. The van der Waals surface area contributed by atoms with Gasteiger partial charge < -0.3 is 0 Å². The van der Waals surface area contributed by atoms with E-state index in [-0.39, 0.29) is 0 Å². The lowest BCUT2D eigenvalue weighted by Gasteiger charge is -2.51. The zero-order valence-electron chi connectivity index (χ0n) is 14.8. The Kier molecular flexibility index (Phi) is 4.85. The van der Waals surface area contributed by atoms with E-state index < -0.39 is 0 Å². The van der Waals surface area contributed by atoms with Crippen LogP contribution in [0.2, 0.25) is 0 Å². The fraction of sp³-hybridized carbons (Fsp3) is 0.714. The minimum Gasteiger partial charge on any atom is -0.0622 e. The van der Waals surface area contributed by atoms with Gasteiger partial charge in [-0.05, 0) is 47.5 Å². The van der Waals surface area contributed by atoms with Crippen LogP contribution in [0.25, 0.3) is 0 Å². The molecule has 0 N–H and O–H groups in total. The van der Waals surface area contributed by atoms with E-state index >= 15 is 0 Å². The molecule has 2 atom stereocenters. The summed E-state index contributed by atoms with van der Waals surface area (Å²) in [5.74, 6) is 0. The fourth-order valence-corrected chi connectivity index (χ4v) is 4.28. The molecule has 0 aliphatic heterocycles. The van der Waals surface area contributed by atoms with Gasteiger partial charge in [-0.15, -0.1) is 0 Å². The molecule has 0 amide bonds. The van der Waals surface area contributed by atoms with Gasteiger partial charge in [0.2, 0.25) is 0 Å². The van der Waals surface area contributed by atoms with Gasteiger partial charge >= 0.3 is 0 Å². The van der Waals surface area contributed by atoms with Crippen LogP contribution in [0.5, 0.6) is 0 Å². The molecule has 0 bridgehead atoms. The molecule has 0 unspecified atom stereocenters. The number of hydrogen-bond donors (Lipinski definition) is 0. The van der Waals surface area contributed by atoms with E-state index in [1.54, 1.807) is 5.56 Å². The third-order valence-corrected chi connectivity index (χ3v) is 6.05. The first kappa shape index (κ1) is 16.6. The minimum absolute atomic E-state index is 0.352. The van der Waals surface area contributed by atoms with Gasteiger partial charge in [-0.2, -0.15) is 0 Å². The van der Waals surface area contributed by atoms with E-state index in [1.165, 1.54) is 44.9 Å². The first-order valence-corrected chi connectivity index (χ1v) is 8.82. The average Bonchev–Trinajstić information content (AvgIpc) is 2.42. The highest BCUT2D eigenvalue weighted by molar-refractivity contribution is 5.28. The van der Waals surface area contributed by atoms with Crippen molar-refractivity contribution in [2.24, 2.45) is 10.8 Å². The van der Waals surface area contributed by atoms with E-state index in [1.807, 2.05) is 0 Å². The Bertz CT molecular complexity index is 439. The topological polar surface area (TPSA) is 0 Å². The minimum atomic E-state index is 0.352. The van der Waals surface area contributed by atoms with Gasteiger partial charge in [0.05, 0.1) is 0 Å². The molecule has 0 saturated heterocycles. The lowest BCUT2D eigenvalue weighted by atomic mass is 9.53. The Morgan fingerprint density at radius 1 is 0.952 bits per heavy atom. The molecule has 1 fully saturated rings. The first-order chi connectivity index (χ1) is 9.77. The van der Waals surface area contributed by atoms with E-state index in [0.29, 0.717) is 16.2 Å². The van der Waals surface area contributed by atoms with Crippen molar-refractivity contribution >= 4 is 0 Å². The van der Waals surface area contributed by atoms with Crippen LogP contribution in [0.3, 0.4) is 0 Å². The molecule has 0 heterocycles. The molecule has 0 spiro atoms. The Morgan fingerprint density at radius 2 is 1.57 bits per heavy atom. The summed E-state index contributed by atoms with van der Waals surface area (Å²) in [5, 5.41) is 0. The predicted octanol–water partition coefficient (Wildman–Crippen LogP) is 6.74. The van der Waals surface area contributed by atoms with Crippen LogP contribution < -0.4 is 0 Å². The molecule has 1 aromatic rings. The van der Waals surface area contributed by atoms with Crippen LogP contribution in [0.15, 0.2) is 30.3 Å². The van der Waals surface area contributed by atoms with E-state index in [9.17, 15) is 0 Å². The Labute approximate surface area is 132 Å². The molecule has 1 saturated carbocycles. The number of benzene rings is 1. The van der Waals surface area contributed by atoms with E-state index in [2.05, 4.69) is 65.0 Å². The maximum atomic E-state index is 2.56. The second-order valence-electron chi connectivity index (χ2n) is 8.88. The summed E-state index contributed by atoms with van der Waals surface area (Å²) < 4.78 is 0. The fourth-order valence-electron chi connectivity index (χ4n) is 4.28. The van der Waals surface area contributed by atoms with Crippen LogP contribution in [0, 0.1) is 10.8 Å². The average molecular weight is 287 g/mol. The van der Waals surface area contributed by atoms with Gasteiger partial charge in [-0.1, -0.05) is 84.2 Å². The van der Waals surface area contributed by atoms with Crippen molar-refractivity contribution < 1.29 is 0 Å². The largest absolute Gasteiger partial charge is 0.0622 e. The number of hydrogen-bond acceptors (Lipinski definition) is 0. The standard InChI is InChI=1S/C21H34/c1-19(2,3)14-11-16-20(4)15-9-10-17-21(20,5)18-12-7-6-8-13-18/h6-8,12-13H,9-11,14-17H2,1-5H3/t20-,21+/m0/s1. The second kappa shape index (κ2) is 6.15. The highest BCUT2D eigenvalue weighted by Gasteiger charge is 2.46. The van der Waals surface area contributed by atoms with Crippen LogP contribution in [0.4, 0.5) is 0 Å². The van der Waals surface area contributed by atoms with Crippen LogP contribution in [0.1, 0.15) is 85.1 Å². The van der Waals surface area contributed by atoms with Gasteiger partial charge in [0, 0.05) is 0 Å². The molecule has 2 rings (SSSR count). The van der Waals surface area contributed by atoms with E-state index in [0.717, 1.165) is 0 Å². The van der Waals surface area contributed by atoms with Crippen molar-refractivity contribution in [1.29, 1.82) is 0 Å². The summed E-state index contributed by atoms with van der Waals surface area (Å²) in [6.45, 7) is 12.2. The molecule has 0 aromatic heterocycles. The molecule has 1 aromatic carbocycles.